The van der Waals surface area contributed by atoms with Gasteiger partial charge >= 0.3 is 5.97 Å². The van der Waals surface area contributed by atoms with Gasteiger partial charge < -0.3 is 14.3 Å². The smallest absolute Gasteiger partial charge is 0.347 e. The number of para-hydroxylation sites is 2. The fraction of sp³-hybridized carbons (Fsp3) is 0.364. The highest BCUT2D eigenvalue weighted by atomic mass is 16.5. The lowest BCUT2D eigenvalue weighted by Gasteiger charge is -2.24. The minimum absolute atomic E-state index is 0.0431. The lowest BCUT2D eigenvalue weighted by Crippen LogP contribution is -2.37. The van der Waals surface area contributed by atoms with E-state index in [0.717, 1.165) is 23.1 Å². The standard InChI is InChI=1S/C22H26N2O4/c1-5-17(15-9-8-10-16(13-15)28-22(3,4)21(25)26)23-14(2)20-24-18-11-6-7-12-19(18)27-20/h6-14,17,23H,5H2,1-4H3,(H,25,26). The Hall–Kier alpha value is -2.86. The number of carboxylic acids is 1. The largest absolute Gasteiger partial charge is 0.478 e. The summed E-state index contributed by atoms with van der Waals surface area (Å²) in [6, 6.07) is 15.2. The van der Waals surface area contributed by atoms with Crippen molar-refractivity contribution in [3.05, 3.63) is 60.0 Å². The van der Waals surface area contributed by atoms with E-state index in [1.54, 1.807) is 6.07 Å². The predicted molar refractivity (Wildman–Crippen MR) is 107 cm³/mol. The second kappa shape index (κ2) is 8.02. The van der Waals surface area contributed by atoms with E-state index in [-0.39, 0.29) is 12.1 Å². The Morgan fingerprint density at radius 1 is 1.25 bits per heavy atom. The zero-order valence-corrected chi connectivity index (χ0v) is 16.6. The summed E-state index contributed by atoms with van der Waals surface area (Å²) in [5.74, 6) is 0.159. The summed E-state index contributed by atoms with van der Waals surface area (Å²) in [4.78, 5) is 15.9. The summed E-state index contributed by atoms with van der Waals surface area (Å²) >= 11 is 0. The van der Waals surface area contributed by atoms with Gasteiger partial charge in [0.1, 0.15) is 11.3 Å². The van der Waals surface area contributed by atoms with Crippen molar-refractivity contribution < 1.29 is 19.1 Å². The van der Waals surface area contributed by atoms with Crippen molar-refractivity contribution in [1.29, 1.82) is 0 Å². The summed E-state index contributed by atoms with van der Waals surface area (Å²) < 4.78 is 11.5. The lowest BCUT2D eigenvalue weighted by molar-refractivity contribution is -0.152. The number of hydrogen-bond acceptors (Lipinski definition) is 5. The van der Waals surface area contributed by atoms with Gasteiger partial charge in [-0.1, -0.05) is 31.2 Å². The van der Waals surface area contributed by atoms with Crippen LogP contribution in [0.15, 0.2) is 52.9 Å². The molecule has 0 spiro atoms. The van der Waals surface area contributed by atoms with E-state index in [0.29, 0.717) is 11.6 Å². The van der Waals surface area contributed by atoms with Crippen LogP contribution in [0.3, 0.4) is 0 Å². The number of nitrogens with one attached hydrogen (secondary N) is 1. The van der Waals surface area contributed by atoms with Crippen LogP contribution in [-0.4, -0.2) is 21.7 Å². The van der Waals surface area contributed by atoms with Crippen LogP contribution < -0.4 is 10.1 Å². The number of benzene rings is 2. The molecule has 2 atom stereocenters. The molecule has 2 unspecified atom stereocenters. The first-order chi connectivity index (χ1) is 13.3. The summed E-state index contributed by atoms with van der Waals surface area (Å²) in [6.07, 6.45) is 0.844. The van der Waals surface area contributed by atoms with E-state index in [1.165, 1.54) is 13.8 Å². The first-order valence-electron chi connectivity index (χ1n) is 9.44. The Morgan fingerprint density at radius 3 is 2.68 bits per heavy atom. The van der Waals surface area contributed by atoms with Crippen LogP contribution in [0.4, 0.5) is 0 Å². The Morgan fingerprint density at radius 2 is 2.00 bits per heavy atom. The van der Waals surface area contributed by atoms with E-state index in [2.05, 4.69) is 17.2 Å². The van der Waals surface area contributed by atoms with Gasteiger partial charge in [0, 0.05) is 6.04 Å². The van der Waals surface area contributed by atoms with Gasteiger partial charge in [-0.15, -0.1) is 0 Å². The molecule has 2 aromatic carbocycles. The maximum Gasteiger partial charge on any atom is 0.347 e. The molecular weight excluding hydrogens is 356 g/mol. The van der Waals surface area contributed by atoms with E-state index in [9.17, 15) is 9.90 Å². The molecule has 0 fully saturated rings. The number of fused-ring (bicyclic) bond motifs is 1. The van der Waals surface area contributed by atoms with Gasteiger partial charge in [0.25, 0.3) is 0 Å². The Kier molecular flexibility index (Phi) is 5.70. The number of rotatable bonds is 8. The van der Waals surface area contributed by atoms with Crippen LogP contribution >= 0.6 is 0 Å². The molecule has 28 heavy (non-hydrogen) atoms. The third kappa shape index (κ3) is 4.34. The van der Waals surface area contributed by atoms with Gasteiger partial charge in [-0.05, 0) is 57.0 Å². The van der Waals surface area contributed by atoms with Crippen LogP contribution in [-0.2, 0) is 4.79 Å². The minimum atomic E-state index is -1.29. The Bertz CT molecular complexity index is 931. The Labute approximate surface area is 164 Å². The molecule has 6 heteroatoms. The summed E-state index contributed by atoms with van der Waals surface area (Å²) in [6.45, 7) is 7.17. The van der Waals surface area contributed by atoms with Crippen LogP contribution in [0.1, 0.15) is 57.7 Å². The number of aliphatic carboxylic acids is 1. The highest BCUT2D eigenvalue weighted by molar-refractivity contribution is 5.76. The second-order valence-corrected chi connectivity index (χ2v) is 7.36. The highest BCUT2D eigenvalue weighted by Crippen LogP contribution is 2.28. The number of carbonyl (C=O) groups is 1. The minimum Gasteiger partial charge on any atom is -0.478 e. The molecule has 3 aromatic rings. The summed E-state index contributed by atoms with van der Waals surface area (Å²) in [7, 11) is 0. The average Bonchev–Trinajstić information content (AvgIpc) is 3.10. The van der Waals surface area contributed by atoms with E-state index >= 15 is 0 Å². The quantitative estimate of drug-likeness (QED) is 0.578. The molecule has 0 bridgehead atoms. The topological polar surface area (TPSA) is 84.6 Å². The van der Waals surface area contributed by atoms with Crippen molar-refractivity contribution in [3.63, 3.8) is 0 Å². The monoisotopic (exact) mass is 382 g/mol. The lowest BCUT2D eigenvalue weighted by atomic mass is 10.0. The maximum absolute atomic E-state index is 11.3. The molecule has 1 heterocycles. The van der Waals surface area contributed by atoms with Crippen LogP contribution in [0.5, 0.6) is 5.75 Å². The molecule has 1 aromatic heterocycles. The van der Waals surface area contributed by atoms with Crippen molar-refractivity contribution in [2.45, 2.75) is 51.8 Å². The molecule has 3 rings (SSSR count). The summed E-state index contributed by atoms with van der Waals surface area (Å²) in [5, 5.41) is 12.8. The van der Waals surface area contributed by atoms with E-state index in [1.807, 2.05) is 49.4 Å². The zero-order chi connectivity index (χ0) is 20.3. The van der Waals surface area contributed by atoms with Crippen molar-refractivity contribution in [1.82, 2.24) is 10.3 Å². The highest BCUT2D eigenvalue weighted by Gasteiger charge is 2.29. The second-order valence-electron chi connectivity index (χ2n) is 7.36. The van der Waals surface area contributed by atoms with Gasteiger partial charge in [-0.2, -0.15) is 0 Å². The fourth-order valence-electron chi connectivity index (χ4n) is 3.03. The van der Waals surface area contributed by atoms with Crippen molar-refractivity contribution >= 4 is 17.1 Å². The molecule has 148 valence electrons. The normalized spacial score (nSPS) is 14.0. The number of ether oxygens (including phenoxy) is 1. The molecule has 0 saturated heterocycles. The maximum atomic E-state index is 11.3. The van der Waals surface area contributed by atoms with Crippen LogP contribution in [0.25, 0.3) is 11.1 Å². The molecule has 0 aliphatic carbocycles. The third-order valence-corrected chi connectivity index (χ3v) is 4.69. The molecule has 0 saturated carbocycles. The number of nitrogens with zero attached hydrogens (tertiary/aromatic N) is 1. The molecular formula is C22H26N2O4. The van der Waals surface area contributed by atoms with Crippen molar-refractivity contribution in [3.8, 4) is 5.75 Å². The first-order valence-corrected chi connectivity index (χ1v) is 9.44. The van der Waals surface area contributed by atoms with E-state index < -0.39 is 11.6 Å². The number of hydrogen-bond donors (Lipinski definition) is 2. The molecule has 6 nitrogen and oxygen atoms in total. The first kappa shape index (κ1) is 19.9. The number of carboxylic acid groups (broad SMARTS) is 1. The molecule has 2 N–H and O–H groups in total. The Balaban J connectivity index is 1.77. The van der Waals surface area contributed by atoms with Gasteiger partial charge in [-0.3, -0.25) is 5.32 Å². The van der Waals surface area contributed by atoms with Gasteiger partial charge in [-0.25, -0.2) is 9.78 Å². The molecule has 0 aliphatic heterocycles. The average molecular weight is 382 g/mol. The van der Waals surface area contributed by atoms with Crippen molar-refractivity contribution in [2.24, 2.45) is 0 Å². The number of aromatic nitrogens is 1. The predicted octanol–water partition coefficient (Wildman–Crippen LogP) is 4.87. The van der Waals surface area contributed by atoms with Gasteiger partial charge in [0.05, 0.1) is 6.04 Å². The molecule has 0 radical (unpaired) electrons. The fourth-order valence-corrected chi connectivity index (χ4v) is 3.03. The van der Waals surface area contributed by atoms with Crippen LogP contribution in [0, 0.1) is 0 Å². The zero-order valence-electron chi connectivity index (χ0n) is 16.6. The SMILES string of the molecule is CCC(NC(C)c1nc2ccccc2o1)c1cccc(OC(C)(C)C(=O)O)c1. The third-order valence-electron chi connectivity index (χ3n) is 4.69. The van der Waals surface area contributed by atoms with Crippen LogP contribution in [0.2, 0.25) is 0 Å². The summed E-state index contributed by atoms with van der Waals surface area (Å²) in [5.41, 5.74) is 1.33. The van der Waals surface area contributed by atoms with Gasteiger partial charge in [0.2, 0.25) is 5.89 Å². The van der Waals surface area contributed by atoms with Gasteiger partial charge in [0.15, 0.2) is 11.2 Å². The van der Waals surface area contributed by atoms with Crippen molar-refractivity contribution in [2.75, 3.05) is 0 Å². The molecule has 0 aliphatic rings. The molecule has 0 amide bonds. The van der Waals surface area contributed by atoms with E-state index in [4.69, 9.17) is 9.15 Å². The number of oxazole rings is 1.